The lowest BCUT2D eigenvalue weighted by atomic mass is 9.82. The predicted octanol–water partition coefficient (Wildman–Crippen LogP) is 3.77. The number of carbonyl (C=O) groups excluding carboxylic acids is 1. The van der Waals surface area contributed by atoms with E-state index < -0.39 is 23.4 Å². The minimum Gasteiger partial charge on any atom is -0.335 e. The van der Waals surface area contributed by atoms with Gasteiger partial charge in [0.05, 0.1) is 0 Å². The Labute approximate surface area is 124 Å². The summed E-state index contributed by atoms with van der Waals surface area (Å²) in [5.41, 5.74) is -3.14. The molecule has 116 valence electrons. The number of carbonyl (C=O) groups is 1. The average Bonchev–Trinajstić information content (AvgIpc) is 2.45. The van der Waals surface area contributed by atoms with E-state index in [1.54, 1.807) is 6.07 Å². The van der Waals surface area contributed by atoms with E-state index >= 15 is 0 Å². The minimum absolute atomic E-state index is 0.149. The molecule has 0 bridgehead atoms. The summed E-state index contributed by atoms with van der Waals surface area (Å²) < 4.78 is 54.8. The van der Waals surface area contributed by atoms with Crippen molar-refractivity contribution < 1.29 is 22.4 Å². The van der Waals surface area contributed by atoms with Crippen molar-refractivity contribution in [2.24, 2.45) is 0 Å². The van der Waals surface area contributed by atoms with E-state index in [-0.39, 0.29) is 11.1 Å². The summed E-state index contributed by atoms with van der Waals surface area (Å²) in [4.78, 5) is 11.4. The van der Waals surface area contributed by atoms with Crippen LogP contribution < -0.4 is 5.32 Å². The second-order valence-corrected chi connectivity index (χ2v) is 4.80. The molecule has 2 aromatic rings. The Hall–Kier alpha value is -2.37. The van der Waals surface area contributed by atoms with Crippen LogP contribution in [0, 0.1) is 5.82 Å². The largest absolute Gasteiger partial charge is 0.420 e. The zero-order chi connectivity index (χ0) is 16.4. The van der Waals surface area contributed by atoms with Gasteiger partial charge in [0.15, 0.2) is 5.54 Å². The van der Waals surface area contributed by atoms with Gasteiger partial charge < -0.3 is 5.32 Å². The molecule has 0 aromatic heterocycles. The van der Waals surface area contributed by atoms with Crippen LogP contribution >= 0.6 is 0 Å². The van der Waals surface area contributed by atoms with E-state index in [0.717, 1.165) is 31.2 Å². The maximum atomic E-state index is 13.9. The highest BCUT2D eigenvalue weighted by Gasteiger charge is 2.58. The number of rotatable bonds is 3. The molecule has 0 aliphatic carbocycles. The van der Waals surface area contributed by atoms with Gasteiger partial charge in [0.25, 0.3) is 0 Å². The first-order valence-electron chi connectivity index (χ1n) is 6.44. The molecule has 2 aromatic carbocycles. The Kier molecular flexibility index (Phi) is 4.21. The highest BCUT2D eigenvalue weighted by molar-refractivity contribution is 5.75. The van der Waals surface area contributed by atoms with E-state index in [0.29, 0.717) is 0 Å². The van der Waals surface area contributed by atoms with Gasteiger partial charge in [-0.3, -0.25) is 4.79 Å². The summed E-state index contributed by atoms with van der Waals surface area (Å²) in [6, 6.07) is 10.9. The normalized spacial score (nSPS) is 14.2. The van der Waals surface area contributed by atoms with Gasteiger partial charge in [-0.2, -0.15) is 13.2 Å². The molecule has 1 N–H and O–H groups in total. The fraction of sp³-hybridized carbons (Fsp3) is 0.188. The molecule has 0 saturated heterocycles. The summed E-state index contributed by atoms with van der Waals surface area (Å²) in [5, 5.41) is 2.00. The molecule has 1 unspecified atom stereocenters. The molecule has 0 radical (unpaired) electrons. The maximum Gasteiger partial charge on any atom is 0.420 e. The molecule has 22 heavy (non-hydrogen) atoms. The molecule has 0 aliphatic rings. The second-order valence-electron chi connectivity index (χ2n) is 4.80. The summed E-state index contributed by atoms with van der Waals surface area (Å²) >= 11 is 0. The van der Waals surface area contributed by atoms with E-state index in [2.05, 4.69) is 0 Å². The monoisotopic (exact) mass is 311 g/mol. The molecular weight excluding hydrogens is 298 g/mol. The van der Waals surface area contributed by atoms with Crippen molar-refractivity contribution in [2.45, 2.75) is 18.6 Å². The number of nitrogens with one attached hydrogen (secondary N) is 1. The Balaban J connectivity index is 2.76. The van der Waals surface area contributed by atoms with Gasteiger partial charge in [-0.05, 0) is 23.3 Å². The molecule has 0 spiro atoms. The summed E-state index contributed by atoms with van der Waals surface area (Å²) in [6.07, 6.45) is -4.81. The number of halogens is 4. The Bertz CT molecular complexity index is 652. The lowest BCUT2D eigenvalue weighted by Gasteiger charge is -2.37. The lowest BCUT2D eigenvalue weighted by Crippen LogP contribution is -2.56. The smallest absolute Gasteiger partial charge is 0.335 e. The molecule has 1 amide bonds. The lowest BCUT2D eigenvalue weighted by molar-refractivity contribution is -0.189. The third-order valence-corrected chi connectivity index (χ3v) is 3.27. The first-order valence-corrected chi connectivity index (χ1v) is 6.44. The highest BCUT2D eigenvalue weighted by atomic mass is 19.4. The van der Waals surface area contributed by atoms with Crippen LogP contribution in [-0.2, 0) is 10.3 Å². The Morgan fingerprint density at radius 1 is 0.909 bits per heavy atom. The molecular formula is C16H13F4NO. The molecule has 0 heterocycles. The van der Waals surface area contributed by atoms with Crippen LogP contribution in [0.15, 0.2) is 54.6 Å². The zero-order valence-electron chi connectivity index (χ0n) is 11.6. The quantitative estimate of drug-likeness (QED) is 0.859. The molecule has 2 rings (SSSR count). The minimum atomic E-state index is -4.81. The second kappa shape index (κ2) is 5.79. The van der Waals surface area contributed by atoms with Gasteiger partial charge >= 0.3 is 6.18 Å². The fourth-order valence-corrected chi connectivity index (χ4v) is 2.36. The van der Waals surface area contributed by atoms with Gasteiger partial charge in [-0.25, -0.2) is 4.39 Å². The van der Waals surface area contributed by atoms with E-state index in [4.69, 9.17) is 0 Å². The Morgan fingerprint density at radius 3 is 1.86 bits per heavy atom. The third kappa shape index (κ3) is 2.81. The van der Waals surface area contributed by atoms with Crippen molar-refractivity contribution in [3.8, 4) is 0 Å². The SMILES string of the molecule is CC(=O)NC(c1ccccc1)(c1ccc(F)cc1)C(F)(F)F. The first kappa shape index (κ1) is 16.0. The van der Waals surface area contributed by atoms with Crippen molar-refractivity contribution in [1.82, 2.24) is 5.32 Å². The number of alkyl halides is 3. The van der Waals surface area contributed by atoms with Crippen LogP contribution in [0.3, 0.4) is 0 Å². The molecule has 0 fully saturated rings. The topological polar surface area (TPSA) is 29.1 Å². The van der Waals surface area contributed by atoms with Crippen molar-refractivity contribution in [1.29, 1.82) is 0 Å². The van der Waals surface area contributed by atoms with Crippen LogP contribution in [0.4, 0.5) is 17.6 Å². The standard InChI is InChI=1S/C16H13F4NO/c1-11(22)21-15(16(18,19)20,12-5-3-2-4-6-12)13-7-9-14(17)10-8-13/h2-10H,1H3,(H,21,22). The molecule has 1 atom stereocenters. The van der Waals surface area contributed by atoms with Gasteiger partial charge in [0, 0.05) is 6.92 Å². The zero-order valence-corrected chi connectivity index (χ0v) is 11.6. The van der Waals surface area contributed by atoms with E-state index in [9.17, 15) is 22.4 Å². The van der Waals surface area contributed by atoms with Gasteiger partial charge in [-0.1, -0.05) is 42.5 Å². The van der Waals surface area contributed by atoms with Gasteiger partial charge in [0.1, 0.15) is 5.82 Å². The number of hydrogen-bond donors (Lipinski definition) is 1. The predicted molar refractivity (Wildman–Crippen MR) is 73.5 cm³/mol. The average molecular weight is 311 g/mol. The molecule has 6 heteroatoms. The van der Waals surface area contributed by atoms with Crippen molar-refractivity contribution in [3.05, 3.63) is 71.5 Å². The number of benzene rings is 2. The summed E-state index contributed by atoms with van der Waals surface area (Å²) in [5.74, 6) is -1.50. The van der Waals surface area contributed by atoms with Crippen molar-refractivity contribution in [3.63, 3.8) is 0 Å². The van der Waals surface area contributed by atoms with Gasteiger partial charge in [0.2, 0.25) is 5.91 Å². The summed E-state index contributed by atoms with van der Waals surface area (Å²) in [7, 11) is 0. The number of amides is 1. The van der Waals surface area contributed by atoms with E-state index in [1.165, 1.54) is 24.3 Å². The Morgan fingerprint density at radius 2 is 1.41 bits per heavy atom. The van der Waals surface area contributed by atoms with Crippen LogP contribution in [-0.4, -0.2) is 12.1 Å². The van der Waals surface area contributed by atoms with Crippen molar-refractivity contribution in [2.75, 3.05) is 0 Å². The number of hydrogen-bond acceptors (Lipinski definition) is 1. The van der Waals surface area contributed by atoms with Crippen molar-refractivity contribution >= 4 is 5.91 Å². The van der Waals surface area contributed by atoms with Crippen LogP contribution in [0.5, 0.6) is 0 Å². The maximum absolute atomic E-state index is 13.9. The highest BCUT2D eigenvalue weighted by Crippen LogP contribution is 2.44. The fourth-order valence-electron chi connectivity index (χ4n) is 2.36. The third-order valence-electron chi connectivity index (χ3n) is 3.27. The van der Waals surface area contributed by atoms with Crippen LogP contribution in [0.25, 0.3) is 0 Å². The molecule has 0 aliphatic heterocycles. The van der Waals surface area contributed by atoms with Gasteiger partial charge in [-0.15, -0.1) is 0 Å². The summed E-state index contributed by atoms with van der Waals surface area (Å²) in [6.45, 7) is 1.01. The molecule has 2 nitrogen and oxygen atoms in total. The first-order chi connectivity index (χ1) is 10.3. The van der Waals surface area contributed by atoms with Crippen LogP contribution in [0.2, 0.25) is 0 Å². The van der Waals surface area contributed by atoms with E-state index in [1.807, 2.05) is 5.32 Å². The molecule has 0 saturated carbocycles. The van der Waals surface area contributed by atoms with Crippen LogP contribution in [0.1, 0.15) is 18.1 Å².